The van der Waals surface area contributed by atoms with Gasteiger partial charge < -0.3 is 9.84 Å². The second kappa shape index (κ2) is 6.31. The number of hydrogen-bond acceptors (Lipinski definition) is 3. The van der Waals surface area contributed by atoms with Gasteiger partial charge in [0.25, 0.3) is 6.43 Å². The summed E-state index contributed by atoms with van der Waals surface area (Å²) in [5.74, 6) is -2.99. The summed E-state index contributed by atoms with van der Waals surface area (Å²) in [6.07, 6.45) is -4.57. The predicted molar refractivity (Wildman–Crippen MR) is 71.6 cm³/mol. The average molecular weight is 286 g/mol. The summed E-state index contributed by atoms with van der Waals surface area (Å²) in [6.45, 7) is 6.07. The largest absolute Gasteiger partial charge is 0.469 e. The van der Waals surface area contributed by atoms with Crippen molar-refractivity contribution in [3.05, 3.63) is 35.4 Å². The standard InChI is InChI=1S/C15H20F2O3/c1-15(2,3)10-7-5-9(6-8-10)12(18)11(13(16)17)14(19)20-4/h5-8,11-13,18H,1-4H3. The number of benzene rings is 1. The lowest BCUT2D eigenvalue weighted by atomic mass is 9.85. The first-order valence-electron chi connectivity index (χ1n) is 6.33. The van der Waals surface area contributed by atoms with Gasteiger partial charge in [-0.3, -0.25) is 4.79 Å². The fourth-order valence-corrected chi connectivity index (χ4v) is 1.89. The Labute approximate surface area is 117 Å². The van der Waals surface area contributed by atoms with Gasteiger partial charge in [-0.25, -0.2) is 8.78 Å². The van der Waals surface area contributed by atoms with Crippen molar-refractivity contribution in [2.45, 2.75) is 38.7 Å². The zero-order valence-electron chi connectivity index (χ0n) is 12.1. The highest BCUT2D eigenvalue weighted by Crippen LogP contribution is 2.30. The van der Waals surface area contributed by atoms with Gasteiger partial charge in [0.1, 0.15) is 5.92 Å². The molecule has 0 heterocycles. The van der Waals surface area contributed by atoms with Gasteiger partial charge in [-0.2, -0.15) is 0 Å². The van der Waals surface area contributed by atoms with Crippen LogP contribution in [0.5, 0.6) is 0 Å². The average Bonchev–Trinajstić information content (AvgIpc) is 2.37. The van der Waals surface area contributed by atoms with E-state index in [9.17, 15) is 18.7 Å². The molecule has 2 atom stereocenters. The van der Waals surface area contributed by atoms with Crippen LogP contribution in [0.25, 0.3) is 0 Å². The fraction of sp³-hybridized carbons (Fsp3) is 0.533. The minimum atomic E-state index is -2.99. The highest BCUT2D eigenvalue weighted by molar-refractivity contribution is 5.73. The molecule has 0 saturated carbocycles. The van der Waals surface area contributed by atoms with Crippen LogP contribution in [0.15, 0.2) is 24.3 Å². The summed E-state index contributed by atoms with van der Waals surface area (Å²) in [7, 11) is 1.02. The lowest BCUT2D eigenvalue weighted by Crippen LogP contribution is -2.30. The number of rotatable bonds is 4. The topological polar surface area (TPSA) is 46.5 Å². The SMILES string of the molecule is COC(=O)C(C(F)F)C(O)c1ccc(C(C)(C)C)cc1. The molecular formula is C15H20F2O3. The molecule has 0 aromatic heterocycles. The van der Waals surface area contributed by atoms with Crippen LogP contribution in [0.2, 0.25) is 0 Å². The number of hydrogen-bond donors (Lipinski definition) is 1. The predicted octanol–water partition coefficient (Wildman–Crippen LogP) is 3.07. The van der Waals surface area contributed by atoms with E-state index in [1.807, 2.05) is 20.8 Å². The molecule has 20 heavy (non-hydrogen) atoms. The van der Waals surface area contributed by atoms with Gasteiger partial charge in [0, 0.05) is 0 Å². The van der Waals surface area contributed by atoms with E-state index in [0.29, 0.717) is 0 Å². The Hall–Kier alpha value is -1.49. The Morgan fingerprint density at radius 1 is 1.20 bits per heavy atom. The van der Waals surface area contributed by atoms with Gasteiger partial charge in [-0.1, -0.05) is 45.0 Å². The maximum atomic E-state index is 12.9. The number of ether oxygens (including phenoxy) is 1. The van der Waals surface area contributed by atoms with Crippen LogP contribution in [0.1, 0.15) is 38.0 Å². The summed E-state index contributed by atoms with van der Waals surface area (Å²) in [5.41, 5.74) is 1.21. The van der Waals surface area contributed by atoms with Gasteiger partial charge in [-0.15, -0.1) is 0 Å². The summed E-state index contributed by atoms with van der Waals surface area (Å²) >= 11 is 0. The Morgan fingerprint density at radius 3 is 2.05 bits per heavy atom. The van der Waals surface area contributed by atoms with E-state index in [2.05, 4.69) is 4.74 Å². The maximum absolute atomic E-state index is 12.9. The van der Waals surface area contributed by atoms with Crippen molar-refractivity contribution in [2.24, 2.45) is 5.92 Å². The van der Waals surface area contributed by atoms with Crippen molar-refractivity contribution in [3.63, 3.8) is 0 Å². The summed E-state index contributed by atoms with van der Waals surface area (Å²) < 4.78 is 30.1. The lowest BCUT2D eigenvalue weighted by Gasteiger charge is -2.22. The van der Waals surface area contributed by atoms with E-state index < -0.39 is 24.4 Å². The summed E-state index contributed by atoms with van der Waals surface area (Å²) in [5, 5.41) is 9.97. The van der Waals surface area contributed by atoms with E-state index in [4.69, 9.17) is 0 Å². The molecule has 1 aromatic carbocycles. The molecule has 0 bridgehead atoms. The number of methoxy groups -OCH3 is 1. The third-order valence-electron chi connectivity index (χ3n) is 3.20. The molecule has 1 rings (SSSR count). The minimum Gasteiger partial charge on any atom is -0.469 e. The van der Waals surface area contributed by atoms with Gasteiger partial charge in [0.15, 0.2) is 0 Å². The van der Waals surface area contributed by atoms with Gasteiger partial charge >= 0.3 is 5.97 Å². The molecule has 0 aliphatic heterocycles. The lowest BCUT2D eigenvalue weighted by molar-refractivity contribution is -0.157. The molecule has 0 fully saturated rings. The van der Waals surface area contributed by atoms with Crippen molar-refractivity contribution in [3.8, 4) is 0 Å². The Morgan fingerprint density at radius 2 is 1.70 bits per heavy atom. The molecule has 0 aliphatic rings. The van der Waals surface area contributed by atoms with E-state index in [1.54, 1.807) is 24.3 Å². The highest BCUT2D eigenvalue weighted by Gasteiger charge is 2.37. The molecule has 3 nitrogen and oxygen atoms in total. The summed E-state index contributed by atoms with van der Waals surface area (Å²) in [4.78, 5) is 11.3. The van der Waals surface area contributed by atoms with E-state index in [1.165, 1.54) is 0 Å². The number of halogens is 2. The smallest absolute Gasteiger partial charge is 0.317 e. The first-order chi connectivity index (χ1) is 9.18. The number of aliphatic hydroxyl groups is 1. The number of carbonyl (C=O) groups is 1. The molecule has 2 unspecified atom stereocenters. The van der Waals surface area contributed by atoms with Crippen molar-refractivity contribution in [1.82, 2.24) is 0 Å². The Kier molecular flexibility index (Phi) is 5.22. The highest BCUT2D eigenvalue weighted by atomic mass is 19.3. The zero-order valence-corrected chi connectivity index (χ0v) is 12.1. The first-order valence-corrected chi connectivity index (χ1v) is 6.33. The molecule has 0 amide bonds. The Bertz CT molecular complexity index is 449. The Balaban J connectivity index is 3.01. The van der Waals surface area contributed by atoms with Crippen LogP contribution in [-0.2, 0) is 14.9 Å². The zero-order chi connectivity index (χ0) is 15.5. The molecule has 1 N–H and O–H groups in total. The van der Waals surface area contributed by atoms with Crippen molar-refractivity contribution >= 4 is 5.97 Å². The number of aliphatic hydroxyl groups excluding tert-OH is 1. The third kappa shape index (κ3) is 3.76. The molecule has 0 aliphatic carbocycles. The molecule has 0 spiro atoms. The monoisotopic (exact) mass is 286 g/mol. The van der Waals surface area contributed by atoms with Gasteiger partial charge in [-0.05, 0) is 16.5 Å². The molecule has 112 valence electrons. The van der Waals surface area contributed by atoms with Crippen LogP contribution >= 0.6 is 0 Å². The normalized spacial score (nSPS) is 15.0. The number of alkyl halides is 2. The first kappa shape index (κ1) is 16.6. The molecular weight excluding hydrogens is 266 g/mol. The van der Waals surface area contributed by atoms with Crippen LogP contribution in [0.3, 0.4) is 0 Å². The third-order valence-corrected chi connectivity index (χ3v) is 3.20. The maximum Gasteiger partial charge on any atom is 0.317 e. The molecule has 0 saturated heterocycles. The second-order valence-corrected chi connectivity index (χ2v) is 5.70. The minimum absolute atomic E-state index is 0.0754. The van der Waals surface area contributed by atoms with E-state index in [-0.39, 0.29) is 11.0 Å². The van der Waals surface area contributed by atoms with Gasteiger partial charge in [0.05, 0.1) is 13.2 Å². The second-order valence-electron chi connectivity index (χ2n) is 5.70. The van der Waals surface area contributed by atoms with Crippen LogP contribution < -0.4 is 0 Å². The van der Waals surface area contributed by atoms with Crippen molar-refractivity contribution in [1.29, 1.82) is 0 Å². The number of esters is 1. The summed E-state index contributed by atoms with van der Waals surface area (Å²) in [6, 6.07) is 6.64. The van der Waals surface area contributed by atoms with Crippen molar-refractivity contribution < 1.29 is 23.4 Å². The van der Waals surface area contributed by atoms with Crippen LogP contribution in [-0.4, -0.2) is 24.6 Å². The number of carbonyl (C=O) groups excluding carboxylic acids is 1. The molecule has 1 aromatic rings. The van der Waals surface area contributed by atoms with Gasteiger partial charge in [0.2, 0.25) is 0 Å². The quantitative estimate of drug-likeness (QED) is 0.865. The van der Waals surface area contributed by atoms with Crippen LogP contribution in [0.4, 0.5) is 8.78 Å². The molecule has 5 heteroatoms. The fourth-order valence-electron chi connectivity index (χ4n) is 1.89. The van der Waals surface area contributed by atoms with E-state index in [0.717, 1.165) is 12.7 Å². The van der Waals surface area contributed by atoms with Crippen molar-refractivity contribution in [2.75, 3.05) is 7.11 Å². The van der Waals surface area contributed by atoms with E-state index >= 15 is 0 Å². The van der Waals surface area contributed by atoms with Crippen LogP contribution in [0, 0.1) is 5.92 Å². The molecule has 0 radical (unpaired) electrons.